The van der Waals surface area contributed by atoms with Gasteiger partial charge in [0.2, 0.25) is 0 Å². The van der Waals surface area contributed by atoms with Gasteiger partial charge in [-0.1, -0.05) is 41.1 Å². The summed E-state index contributed by atoms with van der Waals surface area (Å²) < 4.78 is 1.13. The Morgan fingerprint density at radius 2 is 2.12 bits per heavy atom. The lowest BCUT2D eigenvalue weighted by atomic mass is 10.1. The molecule has 0 aliphatic carbocycles. The maximum Gasteiger partial charge on any atom is 0.0638 e. The first-order valence-electron chi connectivity index (χ1n) is 5.49. The van der Waals surface area contributed by atoms with Crippen molar-refractivity contribution in [3.05, 3.63) is 34.3 Å². The number of rotatable bonds is 5. The third kappa shape index (κ3) is 3.62. The van der Waals surface area contributed by atoms with Gasteiger partial charge in [-0.05, 0) is 25.1 Å². The molecular weight excluding hydrogens is 264 g/mol. The zero-order chi connectivity index (χ0) is 12.0. The molecule has 0 aromatic heterocycles. The second-order valence-corrected chi connectivity index (χ2v) is 4.79. The van der Waals surface area contributed by atoms with Gasteiger partial charge in [-0.25, -0.2) is 0 Å². The lowest BCUT2D eigenvalue weighted by Gasteiger charge is -2.25. The summed E-state index contributed by atoms with van der Waals surface area (Å²) in [5.41, 5.74) is 1.27. The average Bonchev–Trinajstić information content (AvgIpc) is 2.29. The van der Waals surface area contributed by atoms with E-state index in [4.69, 9.17) is 5.26 Å². The Labute approximate surface area is 106 Å². The number of benzene rings is 1. The number of nitriles is 1. The van der Waals surface area contributed by atoms with E-state index in [9.17, 15) is 0 Å². The SMILES string of the molecule is CCC(CC#N)N(C)Cc1ccccc1Br. The summed E-state index contributed by atoms with van der Waals surface area (Å²) >= 11 is 3.54. The highest BCUT2D eigenvalue weighted by Crippen LogP contribution is 2.19. The first kappa shape index (κ1) is 13.2. The van der Waals surface area contributed by atoms with Gasteiger partial charge in [0.1, 0.15) is 0 Å². The Morgan fingerprint density at radius 3 is 2.69 bits per heavy atom. The highest BCUT2D eigenvalue weighted by atomic mass is 79.9. The highest BCUT2D eigenvalue weighted by Gasteiger charge is 2.13. The van der Waals surface area contributed by atoms with Crippen molar-refractivity contribution in [2.45, 2.75) is 32.4 Å². The van der Waals surface area contributed by atoms with E-state index in [1.807, 2.05) is 12.1 Å². The normalized spacial score (nSPS) is 12.4. The Bertz CT molecular complexity index is 370. The van der Waals surface area contributed by atoms with Crippen LogP contribution in [0.4, 0.5) is 0 Å². The van der Waals surface area contributed by atoms with Crippen molar-refractivity contribution < 1.29 is 0 Å². The molecule has 1 aromatic carbocycles. The van der Waals surface area contributed by atoms with E-state index >= 15 is 0 Å². The molecule has 16 heavy (non-hydrogen) atoms. The van der Waals surface area contributed by atoms with E-state index in [0.29, 0.717) is 12.5 Å². The summed E-state index contributed by atoms with van der Waals surface area (Å²) in [5.74, 6) is 0. The van der Waals surface area contributed by atoms with Crippen molar-refractivity contribution in [2.75, 3.05) is 7.05 Å². The maximum atomic E-state index is 8.75. The number of hydrogen-bond donors (Lipinski definition) is 0. The molecule has 0 radical (unpaired) electrons. The monoisotopic (exact) mass is 280 g/mol. The Balaban J connectivity index is 2.67. The highest BCUT2D eigenvalue weighted by molar-refractivity contribution is 9.10. The smallest absolute Gasteiger partial charge is 0.0638 e. The average molecular weight is 281 g/mol. The molecule has 0 aliphatic rings. The molecule has 1 unspecified atom stereocenters. The van der Waals surface area contributed by atoms with Gasteiger partial charge >= 0.3 is 0 Å². The summed E-state index contributed by atoms with van der Waals surface area (Å²) in [4.78, 5) is 2.24. The molecule has 0 amide bonds. The number of hydrogen-bond acceptors (Lipinski definition) is 2. The number of nitrogens with zero attached hydrogens (tertiary/aromatic N) is 2. The fourth-order valence-corrected chi connectivity index (χ4v) is 2.15. The van der Waals surface area contributed by atoms with E-state index < -0.39 is 0 Å². The molecule has 2 nitrogen and oxygen atoms in total. The zero-order valence-electron chi connectivity index (χ0n) is 9.78. The van der Waals surface area contributed by atoms with Crippen LogP contribution in [0.5, 0.6) is 0 Å². The van der Waals surface area contributed by atoms with Crippen LogP contribution in [0.1, 0.15) is 25.3 Å². The van der Waals surface area contributed by atoms with E-state index in [2.05, 4.69) is 53.0 Å². The third-order valence-electron chi connectivity index (χ3n) is 2.80. The van der Waals surface area contributed by atoms with Crippen LogP contribution in [-0.2, 0) is 6.54 Å². The quantitative estimate of drug-likeness (QED) is 0.825. The van der Waals surface area contributed by atoms with Crippen LogP contribution in [0.3, 0.4) is 0 Å². The summed E-state index contributed by atoms with van der Waals surface area (Å²) in [6, 6.07) is 10.8. The van der Waals surface area contributed by atoms with Crippen molar-refractivity contribution in [1.29, 1.82) is 5.26 Å². The second kappa shape index (κ2) is 6.67. The molecule has 3 heteroatoms. The summed E-state index contributed by atoms with van der Waals surface area (Å²) in [6.07, 6.45) is 1.60. The molecular formula is C13H17BrN2. The molecule has 0 heterocycles. The van der Waals surface area contributed by atoms with Gasteiger partial charge in [0.15, 0.2) is 0 Å². The van der Waals surface area contributed by atoms with Gasteiger partial charge in [0.25, 0.3) is 0 Å². The lowest BCUT2D eigenvalue weighted by Crippen LogP contribution is -2.30. The molecule has 0 fully saturated rings. The minimum absolute atomic E-state index is 0.345. The van der Waals surface area contributed by atoms with Crippen LogP contribution in [0.2, 0.25) is 0 Å². The fourth-order valence-electron chi connectivity index (χ4n) is 1.74. The second-order valence-electron chi connectivity index (χ2n) is 3.93. The number of halogens is 1. The first-order chi connectivity index (χ1) is 7.69. The van der Waals surface area contributed by atoms with Crippen LogP contribution in [0.15, 0.2) is 28.7 Å². The van der Waals surface area contributed by atoms with E-state index in [1.165, 1.54) is 5.56 Å². The van der Waals surface area contributed by atoms with Gasteiger partial charge < -0.3 is 0 Å². The van der Waals surface area contributed by atoms with E-state index in [0.717, 1.165) is 17.4 Å². The Hall–Kier alpha value is -0.850. The van der Waals surface area contributed by atoms with Gasteiger partial charge in [-0.2, -0.15) is 5.26 Å². The molecule has 0 N–H and O–H groups in total. The molecule has 1 rings (SSSR count). The van der Waals surface area contributed by atoms with Crippen molar-refractivity contribution in [3.8, 4) is 6.07 Å². The Morgan fingerprint density at radius 1 is 1.44 bits per heavy atom. The molecule has 0 saturated heterocycles. The van der Waals surface area contributed by atoms with Gasteiger partial charge in [-0.15, -0.1) is 0 Å². The minimum Gasteiger partial charge on any atom is -0.298 e. The largest absolute Gasteiger partial charge is 0.298 e. The predicted molar refractivity (Wildman–Crippen MR) is 69.9 cm³/mol. The molecule has 86 valence electrons. The molecule has 0 aliphatic heterocycles. The van der Waals surface area contributed by atoms with Crippen molar-refractivity contribution >= 4 is 15.9 Å². The van der Waals surface area contributed by atoms with Crippen LogP contribution in [0.25, 0.3) is 0 Å². The minimum atomic E-state index is 0.345. The molecule has 0 spiro atoms. The zero-order valence-corrected chi connectivity index (χ0v) is 11.4. The summed E-state index contributed by atoms with van der Waals surface area (Å²) in [5, 5.41) is 8.75. The van der Waals surface area contributed by atoms with Crippen LogP contribution in [-0.4, -0.2) is 18.0 Å². The van der Waals surface area contributed by atoms with Crippen LogP contribution >= 0.6 is 15.9 Å². The third-order valence-corrected chi connectivity index (χ3v) is 3.57. The topological polar surface area (TPSA) is 27.0 Å². The van der Waals surface area contributed by atoms with E-state index in [1.54, 1.807) is 0 Å². The molecule has 1 aromatic rings. The predicted octanol–water partition coefficient (Wildman–Crippen LogP) is 3.57. The van der Waals surface area contributed by atoms with Gasteiger partial charge in [0, 0.05) is 17.1 Å². The molecule has 0 saturated carbocycles. The van der Waals surface area contributed by atoms with Gasteiger partial charge in [0.05, 0.1) is 12.5 Å². The molecule has 0 bridgehead atoms. The van der Waals surface area contributed by atoms with Crippen LogP contribution in [0, 0.1) is 11.3 Å². The van der Waals surface area contributed by atoms with E-state index in [-0.39, 0.29) is 0 Å². The Kier molecular flexibility index (Phi) is 5.51. The fraction of sp³-hybridized carbons (Fsp3) is 0.462. The molecule has 1 atom stereocenters. The maximum absolute atomic E-state index is 8.75. The van der Waals surface area contributed by atoms with Crippen molar-refractivity contribution in [1.82, 2.24) is 4.90 Å². The van der Waals surface area contributed by atoms with Crippen molar-refractivity contribution in [2.24, 2.45) is 0 Å². The summed E-state index contributed by atoms with van der Waals surface area (Å²) in [6.45, 7) is 3.00. The van der Waals surface area contributed by atoms with Crippen molar-refractivity contribution in [3.63, 3.8) is 0 Å². The summed E-state index contributed by atoms with van der Waals surface area (Å²) in [7, 11) is 2.07. The van der Waals surface area contributed by atoms with Gasteiger partial charge in [-0.3, -0.25) is 4.90 Å². The lowest BCUT2D eigenvalue weighted by molar-refractivity contribution is 0.230. The van der Waals surface area contributed by atoms with Crippen LogP contribution < -0.4 is 0 Å². The first-order valence-corrected chi connectivity index (χ1v) is 6.29. The standard InChI is InChI=1S/C13H17BrN2/c1-3-12(8-9-15)16(2)10-11-6-4-5-7-13(11)14/h4-7,12H,3,8,10H2,1-2H3.